The van der Waals surface area contributed by atoms with Crippen LogP contribution < -0.4 is 10.6 Å². The molecule has 3 aromatic rings. The smallest absolute Gasteiger partial charge is 0.251 e. The third-order valence-corrected chi connectivity index (χ3v) is 3.64. The molecule has 3 N–H and O–H groups in total. The molecular formula is C17H15ClN4O2. The van der Waals surface area contributed by atoms with E-state index in [9.17, 15) is 9.59 Å². The molecule has 24 heavy (non-hydrogen) atoms. The first-order valence-electron chi connectivity index (χ1n) is 7.40. The molecule has 0 unspecified atom stereocenters. The molecule has 0 aliphatic carbocycles. The summed E-state index contributed by atoms with van der Waals surface area (Å²) in [7, 11) is 0. The Morgan fingerprint density at radius 3 is 2.58 bits per heavy atom. The minimum atomic E-state index is -0.247. The van der Waals surface area contributed by atoms with Crippen LogP contribution in [-0.2, 0) is 4.79 Å². The Bertz CT molecular complexity index is 841. The summed E-state index contributed by atoms with van der Waals surface area (Å²) < 4.78 is 0. The van der Waals surface area contributed by atoms with Gasteiger partial charge in [0.25, 0.3) is 5.91 Å². The highest BCUT2D eigenvalue weighted by molar-refractivity contribution is 6.30. The van der Waals surface area contributed by atoms with Crippen molar-refractivity contribution in [1.82, 2.24) is 15.3 Å². The number of amides is 2. The lowest BCUT2D eigenvalue weighted by molar-refractivity contribution is -0.116. The van der Waals surface area contributed by atoms with Crippen LogP contribution in [0.3, 0.4) is 0 Å². The Balaban J connectivity index is 1.48. The number of benzene rings is 2. The van der Waals surface area contributed by atoms with Gasteiger partial charge in [0.2, 0.25) is 11.9 Å². The first kappa shape index (κ1) is 16.0. The second-order valence-corrected chi connectivity index (χ2v) is 5.60. The molecule has 1 aromatic heterocycles. The molecule has 0 atom stereocenters. The number of hydrogen-bond donors (Lipinski definition) is 3. The average Bonchev–Trinajstić information content (AvgIpc) is 2.97. The summed E-state index contributed by atoms with van der Waals surface area (Å²) in [4.78, 5) is 31.1. The monoisotopic (exact) mass is 342 g/mol. The summed E-state index contributed by atoms with van der Waals surface area (Å²) >= 11 is 5.78. The van der Waals surface area contributed by atoms with Crippen molar-refractivity contribution in [1.29, 1.82) is 0 Å². The van der Waals surface area contributed by atoms with Crippen molar-refractivity contribution in [3.8, 4) is 0 Å². The predicted octanol–water partition coefficient (Wildman–Crippen LogP) is 2.97. The van der Waals surface area contributed by atoms with E-state index in [1.165, 1.54) is 0 Å². The average molecular weight is 343 g/mol. The van der Waals surface area contributed by atoms with Gasteiger partial charge in [-0.15, -0.1) is 0 Å². The number of hydrogen-bond acceptors (Lipinski definition) is 3. The van der Waals surface area contributed by atoms with Gasteiger partial charge in [-0.1, -0.05) is 23.7 Å². The van der Waals surface area contributed by atoms with E-state index >= 15 is 0 Å². The number of halogens is 1. The molecule has 2 amide bonds. The summed E-state index contributed by atoms with van der Waals surface area (Å²) in [5.74, 6) is -0.0844. The van der Waals surface area contributed by atoms with Crippen LogP contribution >= 0.6 is 11.6 Å². The minimum absolute atomic E-state index is 0.149. The Morgan fingerprint density at radius 2 is 1.83 bits per heavy atom. The predicted molar refractivity (Wildman–Crippen MR) is 93.1 cm³/mol. The standard InChI is InChI=1S/C17H15ClN4O2/c18-12-7-5-11(6-8-12)16(24)19-10-9-15(23)22-17-20-13-3-1-2-4-14(13)21-17/h1-8H,9-10H2,(H,19,24)(H2,20,21,22,23). The Morgan fingerprint density at radius 1 is 1.08 bits per heavy atom. The number of aromatic nitrogens is 2. The summed E-state index contributed by atoms with van der Waals surface area (Å²) in [5, 5.41) is 5.93. The van der Waals surface area contributed by atoms with Gasteiger partial charge in [0.15, 0.2) is 0 Å². The number of anilines is 1. The fraction of sp³-hybridized carbons (Fsp3) is 0.118. The van der Waals surface area contributed by atoms with E-state index in [0.717, 1.165) is 11.0 Å². The van der Waals surface area contributed by atoms with E-state index < -0.39 is 0 Å². The van der Waals surface area contributed by atoms with Crippen molar-refractivity contribution in [2.75, 3.05) is 11.9 Å². The highest BCUT2D eigenvalue weighted by Gasteiger charge is 2.09. The Labute approximate surface area is 143 Å². The van der Waals surface area contributed by atoms with Gasteiger partial charge in [-0.05, 0) is 36.4 Å². The van der Waals surface area contributed by atoms with Gasteiger partial charge in [-0.25, -0.2) is 4.98 Å². The maximum absolute atomic E-state index is 11.9. The van der Waals surface area contributed by atoms with E-state index in [0.29, 0.717) is 16.5 Å². The van der Waals surface area contributed by atoms with Crippen LogP contribution in [-0.4, -0.2) is 28.3 Å². The summed E-state index contributed by atoms with van der Waals surface area (Å²) in [6.45, 7) is 0.230. The van der Waals surface area contributed by atoms with Gasteiger partial charge in [0.1, 0.15) is 0 Å². The van der Waals surface area contributed by atoms with Crippen LogP contribution in [0, 0.1) is 0 Å². The quantitative estimate of drug-likeness (QED) is 0.666. The molecule has 0 saturated carbocycles. The summed E-state index contributed by atoms with van der Waals surface area (Å²) in [6.07, 6.45) is 0.149. The van der Waals surface area contributed by atoms with Gasteiger partial charge in [0.05, 0.1) is 11.0 Å². The maximum Gasteiger partial charge on any atom is 0.251 e. The second kappa shape index (κ2) is 7.14. The van der Waals surface area contributed by atoms with Crippen LogP contribution in [0.15, 0.2) is 48.5 Å². The minimum Gasteiger partial charge on any atom is -0.352 e. The Kier molecular flexibility index (Phi) is 4.77. The molecule has 0 saturated heterocycles. The summed E-state index contributed by atoms with van der Waals surface area (Å²) in [6, 6.07) is 14.0. The number of nitrogens with one attached hydrogen (secondary N) is 3. The molecule has 0 fully saturated rings. The molecule has 3 rings (SSSR count). The van der Waals surface area contributed by atoms with Crippen molar-refractivity contribution < 1.29 is 9.59 Å². The molecule has 6 nitrogen and oxygen atoms in total. The number of imidazole rings is 1. The molecule has 0 spiro atoms. The molecular weight excluding hydrogens is 328 g/mol. The zero-order valence-corrected chi connectivity index (χ0v) is 13.4. The lowest BCUT2D eigenvalue weighted by Gasteiger charge is -2.05. The molecule has 1 heterocycles. The number of rotatable bonds is 5. The van der Waals surface area contributed by atoms with E-state index in [-0.39, 0.29) is 24.8 Å². The van der Waals surface area contributed by atoms with Crippen molar-refractivity contribution in [2.45, 2.75) is 6.42 Å². The van der Waals surface area contributed by atoms with Crippen molar-refractivity contribution in [3.63, 3.8) is 0 Å². The van der Waals surface area contributed by atoms with E-state index in [4.69, 9.17) is 11.6 Å². The topological polar surface area (TPSA) is 86.9 Å². The van der Waals surface area contributed by atoms with Crippen LogP contribution in [0.1, 0.15) is 16.8 Å². The molecule has 0 aliphatic heterocycles. The van der Waals surface area contributed by atoms with Crippen LogP contribution in [0.4, 0.5) is 5.95 Å². The highest BCUT2D eigenvalue weighted by atomic mass is 35.5. The van der Waals surface area contributed by atoms with Gasteiger partial charge in [0, 0.05) is 23.6 Å². The first-order chi connectivity index (χ1) is 11.6. The fourth-order valence-electron chi connectivity index (χ4n) is 2.20. The SMILES string of the molecule is O=C(CCNC(=O)c1ccc(Cl)cc1)Nc1nc2ccccc2[nH]1. The number of carbonyl (C=O) groups excluding carboxylic acids is 2. The zero-order chi connectivity index (χ0) is 16.9. The second-order valence-electron chi connectivity index (χ2n) is 5.16. The molecule has 122 valence electrons. The third-order valence-electron chi connectivity index (χ3n) is 3.39. The van der Waals surface area contributed by atoms with Crippen molar-refractivity contribution in [2.24, 2.45) is 0 Å². The van der Waals surface area contributed by atoms with E-state index in [2.05, 4.69) is 20.6 Å². The van der Waals surface area contributed by atoms with Crippen molar-refractivity contribution >= 4 is 40.4 Å². The number of para-hydroxylation sites is 2. The van der Waals surface area contributed by atoms with Crippen molar-refractivity contribution in [3.05, 3.63) is 59.1 Å². The molecule has 2 aromatic carbocycles. The van der Waals surface area contributed by atoms with Gasteiger partial charge >= 0.3 is 0 Å². The van der Waals surface area contributed by atoms with E-state index in [1.54, 1.807) is 24.3 Å². The molecule has 0 radical (unpaired) electrons. The zero-order valence-electron chi connectivity index (χ0n) is 12.7. The Hall–Kier alpha value is -2.86. The normalized spacial score (nSPS) is 10.5. The first-order valence-corrected chi connectivity index (χ1v) is 7.78. The number of fused-ring (bicyclic) bond motifs is 1. The van der Waals surface area contributed by atoms with E-state index in [1.807, 2.05) is 24.3 Å². The summed E-state index contributed by atoms with van der Waals surface area (Å²) in [5.41, 5.74) is 2.13. The number of carbonyl (C=O) groups is 2. The highest BCUT2D eigenvalue weighted by Crippen LogP contribution is 2.13. The molecule has 0 bridgehead atoms. The molecule has 7 heteroatoms. The van der Waals surface area contributed by atoms with Gasteiger partial charge in [-0.3, -0.25) is 14.9 Å². The number of nitrogens with zero attached hydrogens (tertiary/aromatic N) is 1. The fourth-order valence-corrected chi connectivity index (χ4v) is 2.33. The molecule has 0 aliphatic rings. The lowest BCUT2D eigenvalue weighted by Crippen LogP contribution is -2.27. The van der Waals surface area contributed by atoms with Crippen LogP contribution in [0.5, 0.6) is 0 Å². The third kappa shape index (κ3) is 3.91. The van der Waals surface area contributed by atoms with Gasteiger partial charge < -0.3 is 10.3 Å². The van der Waals surface area contributed by atoms with Crippen LogP contribution in [0.2, 0.25) is 5.02 Å². The number of aromatic amines is 1. The largest absolute Gasteiger partial charge is 0.352 e. The maximum atomic E-state index is 11.9. The lowest BCUT2D eigenvalue weighted by atomic mass is 10.2. The van der Waals surface area contributed by atoms with Gasteiger partial charge in [-0.2, -0.15) is 0 Å². The number of H-pyrrole nitrogens is 1. The van der Waals surface area contributed by atoms with Crippen LogP contribution in [0.25, 0.3) is 11.0 Å².